The first-order valence-corrected chi connectivity index (χ1v) is 8.30. The highest BCUT2D eigenvalue weighted by molar-refractivity contribution is 5.89. The van der Waals surface area contributed by atoms with Crippen LogP contribution in [-0.2, 0) is 4.74 Å². The SMILES string of the molecule is CN(CCOCCO)c1ccc(/C=C(\C#N)c2ccc(C#N)cc2)cc1. The molecule has 0 amide bonds. The molecule has 2 aromatic carbocycles. The lowest BCUT2D eigenvalue weighted by Gasteiger charge is -2.19. The molecule has 0 aromatic heterocycles. The summed E-state index contributed by atoms with van der Waals surface area (Å²) >= 11 is 0. The molecule has 0 aliphatic rings. The zero-order chi connectivity index (χ0) is 18.8. The maximum atomic E-state index is 9.43. The van der Waals surface area contributed by atoms with Crippen molar-refractivity contribution in [1.82, 2.24) is 0 Å². The molecule has 2 rings (SSSR count). The standard InChI is InChI=1S/C21H21N3O2/c1-24(10-12-26-13-11-25)21-8-4-17(5-9-21)14-20(16-23)19-6-2-18(15-22)3-7-19/h2-9,14,25H,10-13H2,1H3/b20-14+. The molecule has 0 fully saturated rings. The van der Waals surface area contributed by atoms with Gasteiger partial charge in [-0.2, -0.15) is 10.5 Å². The highest BCUT2D eigenvalue weighted by atomic mass is 16.5. The third kappa shape index (κ3) is 5.46. The van der Waals surface area contributed by atoms with E-state index in [1.165, 1.54) is 0 Å². The number of nitrogens with zero attached hydrogens (tertiary/aromatic N) is 3. The van der Waals surface area contributed by atoms with Crippen LogP contribution < -0.4 is 4.90 Å². The highest BCUT2D eigenvalue weighted by Crippen LogP contribution is 2.20. The van der Waals surface area contributed by atoms with Crippen molar-refractivity contribution in [2.45, 2.75) is 0 Å². The lowest BCUT2D eigenvalue weighted by Crippen LogP contribution is -2.23. The first-order chi connectivity index (χ1) is 12.7. The molecule has 0 saturated carbocycles. The minimum Gasteiger partial charge on any atom is -0.394 e. The summed E-state index contributed by atoms with van der Waals surface area (Å²) in [5.74, 6) is 0. The van der Waals surface area contributed by atoms with E-state index in [9.17, 15) is 5.26 Å². The van der Waals surface area contributed by atoms with Gasteiger partial charge in [-0.1, -0.05) is 24.3 Å². The predicted octanol–water partition coefficient (Wildman–Crippen LogP) is 3.07. The molecule has 2 aromatic rings. The molecule has 0 radical (unpaired) electrons. The minimum atomic E-state index is 0.0329. The molecule has 0 aliphatic heterocycles. The number of hydrogen-bond donors (Lipinski definition) is 1. The van der Waals surface area contributed by atoms with Gasteiger partial charge in [0, 0.05) is 19.3 Å². The van der Waals surface area contributed by atoms with Gasteiger partial charge in [-0.15, -0.1) is 0 Å². The summed E-state index contributed by atoms with van der Waals surface area (Å²) in [6, 6.07) is 19.2. The van der Waals surface area contributed by atoms with E-state index >= 15 is 0 Å². The maximum absolute atomic E-state index is 9.43. The van der Waals surface area contributed by atoms with E-state index in [-0.39, 0.29) is 6.61 Å². The lowest BCUT2D eigenvalue weighted by molar-refractivity contribution is 0.0971. The van der Waals surface area contributed by atoms with Gasteiger partial charge in [0.1, 0.15) is 0 Å². The number of nitriles is 2. The van der Waals surface area contributed by atoms with Crippen LogP contribution in [0.2, 0.25) is 0 Å². The number of rotatable bonds is 8. The van der Waals surface area contributed by atoms with Crippen molar-refractivity contribution in [2.24, 2.45) is 0 Å². The average Bonchev–Trinajstić information content (AvgIpc) is 2.70. The molecule has 0 spiro atoms. The normalized spacial score (nSPS) is 10.8. The number of hydrogen-bond acceptors (Lipinski definition) is 5. The monoisotopic (exact) mass is 347 g/mol. The van der Waals surface area contributed by atoms with Crippen molar-refractivity contribution < 1.29 is 9.84 Å². The van der Waals surface area contributed by atoms with E-state index in [0.29, 0.717) is 24.4 Å². The average molecular weight is 347 g/mol. The van der Waals surface area contributed by atoms with Crippen molar-refractivity contribution in [2.75, 3.05) is 38.3 Å². The molecule has 0 unspecified atom stereocenters. The van der Waals surface area contributed by atoms with Crippen LogP contribution in [0.4, 0.5) is 5.69 Å². The van der Waals surface area contributed by atoms with Crippen molar-refractivity contribution in [3.63, 3.8) is 0 Å². The fraction of sp³-hybridized carbons (Fsp3) is 0.238. The zero-order valence-corrected chi connectivity index (χ0v) is 14.7. The number of allylic oxidation sites excluding steroid dienone is 1. The second-order valence-corrected chi connectivity index (χ2v) is 5.71. The van der Waals surface area contributed by atoms with Crippen LogP contribution in [0.1, 0.15) is 16.7 Å². The van der Waals surface area contributed by atoms with Gasteiger partial charge in [0.2, 0.25) is 0 Å². The fourth-order valence-electron chi connectivity index (χ4n) is 2.39. The van der Waals surface area contributed by atoms with E-state index < -0.39 is 0 Å². The Balaban J connectivity index is 2.07. The van der Waals surface area contributed by atoms with Crippen LogP contribution in [0.15, 0.2) is 48.5 Å². The van der Waals surface area contributed by atoms with E-state index in [1.807, 2.05) is 37.4 Å². The van der Waals surface area contributed by atoms with Gasteiger partial charge >= 0.3 is 0 Å². The summed E-state index contributed by atoms with van der Waals surface area (Å²) in [5, 5.41) is 27.0. The van der Waals surface area contributed by atoms with Gasteiger partial charge < -0.3 is 14.7 Å². The number of likely N-dealkylation sites (N-methyl/N-ethyl adjacent to an activating group) is 1. The molecular formula is C21H21N3O2. The van der Waals surface area contributed by atoms with E-state index in [0.717, 1.165) is 23.4 Å². The van der Waals surface area contributed by atoms with Gasteiger partial charge in [-0.3, -0.25) is 0 Å². The summed E-state index contributed by atoms with van der Waals surface area (Å²) in [7, 11) is 1.98. The maximum Gasteiger partial charge on any atom is 0.0998 e. The molecule has 0 heterocycles. The van der Waals surface area contributed by atoms with Crippen LogP contribution in [0, 0.1) is 22.7 Å². The number of aliphatic hydroxyl groups is 1. The van der Waals surface area contributed by atoms with Crippen LogP contribution >= 0.6 is 0 Å². The summed E-state index contributed by atoms with van der Waals surface area (Å²) in [6.07, 6.45) is 1.83. The Bertz CT molecular complexity index is 812. The topological polar surface area (TPSA) is 80.3 Å². The molecule has 0 bridgehead atoms. The lowest BCUT2D eigenvalue weighted by atomic mass is 10.0. The Morgan fingerprint density at radius 2 is 1.77 bits per heavy atom. The quantitative estimate of drug-likeness (QED) is 0.451. The van der Waals surface area contributed by atoms with Gasteiger partial charge in [0.05, 0.1) is 43.1 Å². The summed E-state index contributed by atoms with van der Waals surface area (Å²) in [6.45, 7) is 1.66. The van der Waals surface area contributed by atoms with Gasteiger partial charge in [0.25, 0.3) is 0 Å². The second-order valence-electron chi connectivity index (χ2n) is 5.71. The number of benzene rings is 2. The van der Waals surface area contributed by atoms with E-state index in [2.05, 4.69) is 17.0 Å². The minimum absolute atomic E-state index is 0.0329. The highest BCUT2D eigenvalue weighted by Gasteiger charge is 2.03. The first kappa shape index (κ1) is 19.2. The Kier molecular flexibility index (Phi) is 7.39. The van der Waals surface area contributed by atoms with E-state index in [4.69, 9.17) is 15.1 Å². The predicted molar refractivity (Wildman–Crippen MR) is 102 cm³/mol. The Labute approximate surface area is 154 Å². The summed E-state index contributed by atoms with van der Waals surface area (Å²) in [5.41, 5.74) is 3.88. The Morgan fingerprint density at radius 3 is 2.35 bits per heavy atom. The van der Waals surface area contributed by atoms with Crippen LogP contribution in [0.25, 0.3) is 11.6 Å². The van der Waals surface area contributed by atoms with Crippen molar-refractivity contribution in [3.05, 3.63) is 65.2 Å². The van der Waals surface area contributed by atoms with Crippen LogP contribution in [-0.4, -0.2) is 38.5 Å². The molecule has 26 heavy (non-hydrogen) atoms. The largest absolute Gasteiger partial charge is 0.394 e. The Morgan fingerprint density at radius 1 is 1.08 bits per heavy atom. The summed E-state index contributed by atoms with van der Waals surface area (Å²) < 4.78 is 5.27. The molecule has 5 heteroatoms. The third-order valence-electron chi connectivity index (χ3n) is 3.90. The van der Waals surface area contributed by atoms with Crippen LogP contribution in [0.5, 0.6) is 0 Å². The molecule has 0 aliphatic carbocycles. The molecule has 132 valence electrons. The molecule has 5 nitrogen and oxygen atoms in total. The van der Waals surface area contributed by atoms with Gasteiger partial charge in [-0.05, 0) is 41.5 Å². The molecular weight excluding hydrogens is 326 g/mol. The molecule has 1 N–H and O–H groups in total. The van der Waals surface area contributed by atoms with Crippen molar-refractivity contribution >= 4 is 17.3 Å². The van der Waals surface area contributed by atoms with Crippen molar-refractivity contribution in [3.8, 4) is 12.1 Å². The van der Waals surface area contributed by atoms with Crippen LogP contribution in [0.3, 0.4) is 0 Å². The van der Waals surface area contributed by atoms with Gasteiger partial charge in [-0.25, -0.2) is 0 Å². The second kappa shape index (κ2) is 10.0. The number of anilines is 1. The van der Waals surface area contributed by atoms with E-state index in [1.54, 1.807) is 24.3 Å². The van der Waals surface area contributed by atoms with Gasteiger partial charge in [0.15, 0.2) is 0 Å². The summed E-state index contributed by atoms with van der Waals surface area (Å²) in [4.78, 5) is 2.07. The molecule has 0 atom stereocenters. The number of ether oxygens (including phenoxy) is 1. The number of aliphatic hydroxyl groups excluding tert-OH is 1. The molecule has 0 saturated heterocycles. The third-order valence-corrected chi connectivity index (χ3v) is 3.90. The smallest absolute Gasteiger partial charge is 0.0998 e. The Hall–Kier alpha value is -3.12. The first-order valence-electron chi connectivity index (χ1n) is 8.30. The zero-order valence-electron chi connectivity index (χ0n) is 14.7. The fourth-order valence-corrected chi connectivity index (χ4v) is 2.39. The van der Waals surface area contributed by atoms with Crippen molar-refractivity contribution in [1.29, 1.82) is 10.5 Å².